The van der Waals surface area contributed by atoms with Crippen LogP contribution in [0, 0.1) is 17.5 Å². The van der Waals surface area contributed by atoms with E-state index in [2.05, 4.69) is 10.0 Å². The molecule has 0 saturated carbocycles. The van der Waals surface area contributed by atoms with Crippen LogP contribution in [0.5, 0.6) is 0 Å². The van der Waals surface area contributed by atoms with Gasteiger partial charge in [0.25, 0.3) is 15.9 Å². The van der Waals surface area contributed by atoms with Gasteiger partial charge in [0.15, 0.2) is 11.6 Å². The Hall–Kier alpha value is -3.35. The van der Waals surface area contributed by atoms with Crippen LogP contribution in [-0.2, 0) is 10.0 Å². The molecule has 0 saturated heterocycles. The van der Waals surface area contributed by atoms with E-state index in [1.54, 1.807) is 0 Å². The van der Waals surface area contributed by atoms with E-state index in [1.807, 2.05) is 0 Å². The molecule has 0 aromatic heterocycles. The van der Waals surface area contributed by atoms with Crippen LogP contribution in [0.2, 0.25) is 0 Å². The van der Waals surface area contributed by atoms with E-state index in [0.29, 0.717) is 0 Å². The summed E-state index contributed by atoms with van der Waals surface area (Å²) < 4.78 is 67.9. The van der Waals surface area contributed by atoms with Gasteiger partial charge in [-0.1, -0.05) is 12.1 Å². The van der Waals surface area contributed by atoms with Gasteiger partial charge >= 0.3 is 7.12 Å². The van der Waals surface area contributed by atoms with E-state index in [9.17, 15) is 36.4 Å². The average molecular weight is 450 g/mol. The van der Waals surface area contributed by atoms with Crippen molar-refractivity contribution in [3.05, 3.63) is 83.7 Å². The number of amides is 1. The number of hydrogen-bond acceptors (Lipinski definition) is 5. The lowest BCUT2D eigenvalue weighted by molar-refractivity contribution is 0.102. The summed E-state index contributed by atoms with van der Waals surface area (Å²) in [7, 11) is -6.35. The van der Waals surface area contributed by atoms with Crippen LogP contribution in [0.15, 0.2) is 65.6 Å². The number of benzene rings is 3. The largest absolute Gasteiger partial charge is 0.488 e. The Labute approximate surface area is 175 Å². The topological polar surface area (TPSA) is 116 Å². The highest BCUT2D eigenvalue weighted by Gasteiger charge is 2.22. The Kier molecular flexibility index (Phi) is 6.34. The zero-order chi connectivity index (χ0) is 22.8. The predicted octanol–water partition coefficient (Wildman–Crippen LogP) is 1.84. The average Bonchev–Trinajstić information content (AvgIpc) is 2.70. The highest BCUT2D eigenvalue weighted by atomic mass is 32.2. The quantitative estimate of drug-likeness (QED) is 0.428. The first-order valence-electron chi connectivity index (χ1n) is 8.62. The lowest BCUT2D eigenvalue weighted by Gasteiger charge is -2.12. The number of carbonyl (C=O) groups excluding carboxylic acids is 1. The zero-order valence-corrected chi connectivity index (χ0v) is 16.3. The maximum Gasteiger partial charge on any atom is 0.488 e. The minimum Gasteiger partial charge on any atom is -0.423 e. The van der Waals surface area contributed by atoms with Crippen molar-refractivity contribution in [1.82, 2.24) is 0 Å². The summed E-state index contributed by atoms with van der Waals surface area (Å²) in [5.74, 6) is -4.33. The second-order valence-corrected chi connectivity index (χ2v) is 7.98. The maximum absolute atomic E-state index is 14.2. The molecule has 0 aliphatic heterocycles. The van der Waals surface area contributed by atoms with Crippen molar-refractivity contribution in [1.29, 1.82) is 0 Å². The van der Waals surface area contributed by atoms with Crippen molar-refractivity contribution >= 4 is 39.9 Å². The molecule has 0 fully saturated rings. The Balaban J connectivity index is 1.88. The van der Waals surface area contributed by atoms with E-state index >= 15 is 0 Å². The summed E-state index contributed by atoms with van der Waals surface area (Å²) in [5.41, 5.74) is -0.414. The molecular formula is C19H14BF3N2O5S. The number of nitrogens with one attached hydrogen (secondary N) is 2. The summed E-state index contributed by atoms with van der Waals surface area (Å²) in [6, 6.07) is 10.3. The molecule has 0 heterocycles. The minimum atomic E-state index is -4.51. The number of hydrogen-bond donors (Lipinski definition) is 4. The molecule has 160 valence electrons. The third-order valence-electron chi connectivity index (χ3n) is 4.10. The molecule has 3 aromatic rings. The summed E-state index contributed by atoms with van der Waals surface area (Å²) in [6.45, 7) is 0. The molecule has 1 amide bonds. The molecule has 3 rings (SSSR count). The second kappa shape index (κ2) is 8.80. The lowest BCUT2D eigenvalue weighted by atomic mass is 9.80. The summed E-state index contributed by atoms with van der Waals surface area (Å²) in [6.07, 6.45) is 0. The van der Waals surface area contributed by atoms with Crippen molar-refractivity contribution in [3.8, 4) is 0 Å². The first kappa shape index (κ1) is 22.3. The third-order valence-corrected chi connectivity index (χ3v) is 5.49. The van der Waals surface area contributed by atoms with Gasteiger partial charge in [0.05, 0.1) is 0 Å². The molecule has 0 aliphatic carbocycles. The van der Waals surface area contributed by atoms with Gasteiger partial charge in [-0.2, -0.15) is 0 Å². The molecule has 4 N–H and O–H groups in total. The third kappa shape index (κ3) is 5.23. The van der Waals surface area contributed by atoms with Gasteiger partial charge in [-0.15, -0.1) is 0 Å². The Bertz CT molecular complexity index is 1260. The molecule has 12 heteroatoms. The summed E-state index contributed by atoms with van der Waals surface area (Å²) >= 11 is 0. The van der Waals surface area contributed by atoms with Crippen LogP contribution in [-0.4, -0.2) is 31.5 Å². The van der Waals surface area contributed by atoms with Crippen LogP contribution in [0.1, 0.15) is 10.4 Å². The zero-order valence-electron chi connectivity index (χ0n) is 15.5. The van der Waals surface area contributed by atoms with Crippen molar-refractivity contribution in [3.63, 3.8) is 0 Å². The van der Waals surface area contributed by atoms with E-state index in [0.717, 1.165) is 42.5 Å². The van der Waals surface area contributed by atoms with E-state index in [-0.39, 0.29) is 22.4 Å². The standard InChI is InChI=1S/C19H14BF3N2O5S/c21-15-7-5-13(10-17(15)23)24-19(26)11-4-6-16(22)18(8-11)31(29,30)25-14-3-1-2-12(9-14)20(27)28/h1-10,25,27-28H,(H,24,26). The Morgan fingerprint density at radius 1 is 0.839 bits per heavy atom. The second-order valence-electron chi connectivity index (χ2n) is 6.33. The molecule has 3 aromatic carbocycles. The molecular weight excluding hydrogens is 436 g/mol. The van der Waals surface area contributed by atoms with E-state index < -0.39 is 45.4 Å². The van der Waals surface area contributed by atoms with Gasteiger partial charge < -0.3 is 15.4 Å². The summed E-state index contributed by atoms with van der Waals surface area (Å²) in [4.78, 5) is 11.5. The van der Waals surface area contributed by atoms with Gasteiger partial charge in [-0.3, -0.25) is 9.52 Å². The fraction of sp³-hybridized carbons (Fsp3) is 0. The smallest absolute Gasteiger partial charge is 0.423 e. The molecule has 0 radical (unpaired) electrons. The molecule has 0 atom stereocenters. The van der Waals surface area contributed by atoms with Crippen molar-refractivity contribution in [2.24, 2.45) is 0 Å². The van der Waals surface area contributed by atoms with Crippen molar-refractivity contribution in [2.45, 2.75) is 4.90 Å². The summed E-state index contributed by atoms with van der Waals surface area (Å²) in [5, 5.41) is 20.6. The fourth-order valence-corrected chi connectivity index (χ4v) is 3.75. The van der Waals surface area contributed by atoms with Crippen LogP contribution < -0.4 is 15.5 Å². The Morgan fingerprint density at radius 2 is 1.55 bits per heavy atom. The first-order chi connectivity index (χ1) is 14.6. The number of halogens is 3. The molecule has 0 bridgehead atoms. The van der Waals surface area contributed by atoms with Gasteiger partial charge in [-0.05, 0) is 47.9 Å². The number of carbonyl (C=O) groups is 1. The molecule has 7 nitrogen and oxygen atoms in total. The SMILES string of the molecule is O=C(Nc1ccc(F)c(F)c1)c1ccc(F)c(S(=O)(=O)Nc2cccc(B(O)O)c2)c1. The van der Waals surface area contributed by atoms with Gasteiger partial charge in [0, 0.05) is 23.0 Å². The van der Waals surface area contributed by atoms with Crippen LogP contribution in [0.3, 0.4) is 0 Å². The molecule has 0 unspecified atom stereocenters. The van der Waals surface area contributed by atoms with Crippen LogP contribution >= 0.6 is 0 Å². The molecule has 0 spiro atoms. The number of sulfonamides is 1. The molecule has 31 heavy (non-hydrogen) atoms. The Morgan fingerprint density at radius 3 is 2.23 bits per heavy atom. The van der Waals surface area contributed by atoms with Gasteiger partial charge in [0.1, 0.15) is 10.7 Å². The van der Waals surface area contributed by atoms with Crippen molar-refractivity contribution < 1.29 is 36.4 Å². The maximum atomic E-state index is 14.2. The van der Waals surface area contributed by atoms with E-state index in [4.69, 9.17) is 0 Å². The molecule has 0 aliphatic rings. The highest BCUT2D eigenvalue weighted by molar-refractivity contribution is 7.92. The van der Waals surface area contributed by atoms with Gasteiger partial charge in [-0.25, -0.2) is 21.6 Å². The highest BCUT2D eigenvalue weighted by Crippen LogP contribution is 2.21. The monoisotopic (exact) mass is 450 g/mol. The minimum absolute atomic E-state index is 0.000306. The number of anilines is 2. The predicted molar refractivity (Wildman–Crippen MR) is 108 cm³/mol. The normalized spacial score (nSPS) is 11.1. The van der Waals surface area contributed by atoms with E-state index in [1.165, 1.54) is 18.2 Å². The lowest BCUT2D eigenvalue weighted by Crippen LogP contribution is -2.30. The van der Waals surface area contributed by atoms with Crippen LogP contribution in [0.4, 0.5) is 24.5 Å². The van der Waals surface area contributed by atoms with Gasteiger partial charge in [0.2, 0.25) is 0 Å². The number of rotatable bonds is 6. The van der Waals surface area contributed by atoms with Crippen molar-refractivity contribution in [2.75, 3.05) is 10.0 Å². The first-order valence-corrected chi connectivity index (χ1v) is 10.1. The van der Waals surface area contributed by atoms with Crippen LogP contribution in [0.25, 0.3) is 0 Å². The fourth-order valence-electron chi connectivity index (χ4n) is 2.60.